The third-order valence-corrected chi connectivity index (χ3v) is 9.47. The molecule has 1 aliphatic heterocycles. The molecule has 4 fully saturated rings. The molecule has 0 amide bonds. The molecule has 3 saturated carbocycles. The molecule has 6 atom stereocenters. The Kier molecular flexibility index (Phi) is 4.25. The number of hydrogen-bond acceptors (Lipinski definition) is 3. The first-order valence-electron chi connectivity index (χ1n) is 8.91. The van der Waals surface area contributed by atoms with Gasteiger partial charge in [0.05, 0.1) is 21.7 Å². The fraction of sp³-hybridized carbons (Fsp3) is 1.00. The van der Waals surface area contributed by atoms with Crippen molar-refractivity contribution < 1.29 is 14.2 Å². The summed E-state index contributed by atoms with van der Waals surface area (Å²) in [5.41, 5.74) is 0.220. The van der Waals surface area contributed by atoms with Crippen molar-refractivity contribution in [1.82, 2.24) is 0 Å². The molecule has 0 aromatic heterocycles. The van der Waals surface area contributed by atoms with Crippen LogP contribution in [0.2, 0.25) is 0 Å². The molecule has 3 aliphatic carbocycles. The molecule has 23 heavy (non-hydrogen) atoms. The zero-order valence-electron chi connectivity index (χ0n) is 15.9. The molecule has 2 bridgehead atoms. The molecular formula is C19H33IO3. The van der Waals surface area contributed by atoms with E-state index in [-0.39, 0.29) is 27.1 Å². The second-order valence-corrected chi connectivity index (χ2v) is 11.0. The van der Waals surface area contributed by atoms with Crippen LogP contribution in [0.15, 0.2) is 0 Å². The van der Waals surface area contributed by atoms with Crippen LogP contribution >= 0.6 is 22.6 Å². The molecule has 0 aromatic carbocycles. The minimum Gasteiger partial charge on any atom is -0.378 e. The number of rotatable bonds is 3. The van der Waals surface area contributed by atoms with Crippen LogP contribution in [0.5, 0.6) is 0 Å². The molecule has 0 spiro atoms. The van der Waals surface area contributed by atoms with Gasteiger partial charge in [-0.1, -0.05) is 43.4 Å². The molecular weight excluding hydrogens is 403 g/mol. The number of ether oxygens (including phenoxy) is 3. The Bertz CT molecular complexity index is 487. The minimum atomic E-state index is -0.518. The van der Waals surface area contributed by atoms with Gasteiger partial charge in [0, 0.05) is 12.5 Å². The number of methoxy groups -OCH3 is 1. The molecule has 4 heteroatoms. The maximum atomic E-state index is 6.57. The molecule has 0 aromatic rings. The monoisotopic (exact) mass is 436 g/mol. The maximum absolute atomic E-state index is 6.57. The Labute approximate surface area is 155 Å². The van der Waals surface area contributed by atoms with E-state index in [0.717, 1.165) is 5.92 Å². The van der Waals surface area contributed by atoms with Crippen molar-refractivity contribution in [3.63, 3.8) is 0 Å². The Morgan fingerprint density at radius 2 is 1.70 bits per heavy atom. The van der Waals surface area contributed by atoms with E-state index < -0.39 is 5.79 Å². The average molecular weight is 436 g/mol. The highest BCUT2D eigenvalue weighted by Crippen LogP contribution is 2.70. The van der Waals surface area contributed by atoms with Crippen molar-refractivity contribution in [2.75, 3.05) is 7.11 Å². The van der Waals surface area contributed by atoms with E-state index in [1.807, 2.05) is 0 Å². The average Bonchev–Trinajstić information content (AvgIpc) is 2.44. The summed E-state index contributed by atoms with van der Waals surface area (Å²) >= 11 is 2.55. The summed E-state index contributed by atoms with van der Waals surface area (Å²) in [6.07, 6.45) is 2.91. The second-order valence-electron chi connectivity index (χ2n) is 9.66. The molecule has 1 saturated heterocycles. The topological polar surface area (TPSA) is 27.7 Å². The van der Waals surface area contributed by atoms with Gasteiger partial charge in [0.2, 0.25) is 0 Å². The largest absolute Gasteiger partial charge is 0.378 e. The summed E-state index contributed by atoms with van der Waals surface area (Å²) < 4.78 is 19.1. The zero-order chi connectivity index (χ0) is 17.4. The van der Waals surface area contributed by atoms with Crippen molar-refractivity contribution in [2.45, 2.75) is 88.8 Å². The molecule has 0 N–H and O–H groups in total. The van der Waals surface area contributed by atoms with Crippen molar-refractivity contribution >= 4 is 22.6 Å². The highest BCUT2D eigenvalue weighted by Gasteiger charge is 2.70. The number of halogens is 1. The Morgan fingerprint density at radius 3 is 2.22 bits per heavy atom. The van der Waals surface area contributed by atoms with Crippen LogP contribution in [0, 0.1) is 22.7 Å². The van der Waals surface area contributed by atoms with Crippen LogP contribution in [-0.4, -0.2) is 34.6 Å². The SMILES string of the molecule is COC(C)(C)[C@H](I)[C@H]1OC(C)(C)O[C@@H]2C[C@@H]3C[C@@H](C3(C)C)[C@]12C. The smallest absolute Gasteiger partial charge is 0.163 e. The van der Waals surface area contributed by atoms with Crippen LogP contribution in [0.4, 0.5) is 0 Å². The van der Waals surface area contributed by atoms with Gasteiger partial charge in [-0.05, 0) is 57.8 Å². The van der Waals surface area contributed by atoms with E-state index in [2.05, 4.69) is 71.1 Å². The molecule has 0 radical (unpaired) electrons. The summed E-state index contributed by atoms with van der Waals surface area (Å²) in [5, 5.41) is 0. The molecule has 4 rings (SSSR count). The number of alkyl halides is 1. The zero-order valence-corrected chi connectivity index (χ0v) is 18.1. The molecule has 4 aliphatic rings. The summed E-state index contributed by atoms with van der Waals surface area (Å²) in [4.78, 5) is 0. The standard InChI is InChI=1S/C19H33IO3/c1-16(2)11-9-12(16)19(7)13(10-11)22-18(5,6)23-15(19)14(20)17(3,4)21-8/h11-15H,9-10H2,1-8H3/t11-,12-,13+,14+,15+,19-/m0/s1. The molecule has 134 valence electrons. The van der Waals surface area contributed by atoms with E-state index in [1.165, 1.54) is 12.8 Å². The van der Waals surface area contributed by atoms with Gasteiger partial charge in [0.25, 0.3) is 0 Å². The summed E-state index contributed by atoms with van der Waals surface area (Å²) in [7, 11) is 1.81. The van der Waals surface area contributed by atoms with Crippen LogP contribution in [0.1, 0.15) is 61.3 Å². The van der Waals surface area contributed by atoms with Gasteiger partial charge < -0.3 is 14.2 Å². The fourth-order valence-corrected chi connectivity index (χ4v) is 6.60. The van der Waals surface area contributed by atoms with Crippen molar-refractivity contribution in [3.8, 4) is 0 Å². The lowest BCUT2D eigenvalue weighted by Crippen LogP contribution is -2.73. The highest BCUT2D eigenvalue weighted by atomic mass is 127. The van der Waals surface area contributed by atoms with Crippen molar-refractivity contribution in [1.29, 1.82) is 0 Å². The highest BCUT2D eigenvalue weighted by molar-refractivity contribution is 14.1. The molecule has 1 heterocycles. The first-order valence-corrected chi connectivity index (χ1v) is 10.2. The van der Waals surface area contributed by atoms with Crippen molar-refractivity contribution in [3.05, 3.63) is 0 Å². The quantitative estimate of drug-likeness (QED) is 0.470. The van der Waals surface area contributed by atoms with Crippen LogP contribution < -0.4 is 0 Å². The van der Waals surface area contributed by atoms with E-state index in [4.69, 9.17) is 14.2 Å². The van der Waals surface area contributed by atoms with Crippen LogP contribution in [0.3, 0.4) is 0 Å². The Hall–Kier alpha value is 0.610. The summed E-state index contributed by atoms with van der Waals surface area (Å²) in [6.45, 7) is 15.8. The second kappa shape index (κ2) is 5.31. The Balaban J connectivity index is 2.01. The maximum Gasteiger partial charge on any atom is 0.163 e. The van der Waals surface area contributed by atoms with Gasteiger partial charge >= 0.3 is 0 Å². The molecule has 3 nitrogen and oxygen atoms in total. The Morgan fingerprint density at radius 1 is 1.09 bits per heavy atom. The van der Waals surface area contributed by atoms with E-state index in [1.54, 1.807) is 7.11 Å². The summed E-state index contributed by atoms with van der Waals surface area (Å²) in [6, 6.07) is 0. The van der Waals surface area contributed by atoms with Crippen molar-refractivity contribution in [2.24, 2.45) is 22.7 Å². The first-order chi connectivity index (χ1) is 10.4. The lowest BCUT2D eigenvalue weighted by atomic mass is 9.38. The lowest BCUT2D eigenvalue weighted by molar-refractivity contribution is -0.394. The van der Waals surface area contributed by atoms with Crippen LogP contribution in [-0.2, 0) is 14.2 Å². The van der Waals surface area contributed by atoms with Gasteiger partial charge in [0.15, 0.2) is 5.79 Å². The third-order valence-electron chi connectivity index (χ3n) is 7.32. The number of hydrogen-bond donors (Lipinski definition) is 0. The third kappa shape index (κ3) is 2.53. The predicted molar refractivity (Wildman–Crippen MR) is 101 cm³/mol. The normalized spacial score (nSPS) is 45.8. The van der Waals surface area contributed by atoms with E-state index in [0.29, 0.717) is 11.3 Å². The van der Waals surface area contributed by atoms with Gasteiger partial charge in [-0.25, -0.2) is 0 Å². The van der Waals surface area contributed by atoms with E-state index >= 15 is 0 Å². The lowest BCUT2D eigenvalue weighted by Gasteiger charge is -2.71. The summed E-state index contributed by atoms with van der Waals surface area (Å²) in [5.74, 6) is 0.934. The van der Waals surface area contributed by atoms with Gasteiger partial charge in [-0.2, -0.15) is 0 Å². The van der Waals surface area contributed by atoms with Crippen LogP contribution in [0.25, 0.3) is 0 Å². The van der Waals surface area contributed by atoms with Gasteiger partial charge in [0.1, 0.15) is 0 Å². The van der Waals surface area contributed by atoms with E-state index in [9.17, 15) is 0 Å². The van der Waals surface area contributed by atoms with Gasteiger partial charge in [-0.3, -0.25) is 0 Å². The molecule has 0 unspecified atom stereocenters. The first kappa shape index (κ1) is 18.4. The predicted octanol–water partition coefficient (Wildman–Crippen LogP) is 4.81. The minimum absolute atomic E-state index is 0.0510. The van der Waals surface area contributed by atoms with Gasteiger partial charge in [-0.15, -0.1) is 0 Å². The fourth-order valence-electron chi connectivity index (χ4n) is 5.42.